The number of nitro benzene ring substituents is 1. The molecule has 0 radical (unpaired) electrons. The first kappa shape index (κ1) is 13.9. The van der Waals surface area contributed by atoms with Crippen molar-refractivity contribution >= 4 is 5.69 Å². The fourth-order valence-corrected chi connectivity index (χ4v) is 1.75. The molecule has 0 aliphatic heterocycles. The highest BCUT2D eigenvalue weighted by molar-refractivity contribution is 5.68. The van der Waals surface area contributed by atoms with Crippen molar-refractivity contribution in [1.82, 2.24) is 0 Å². The van der Waals surface area contributed by atoms with Gasteiger partial charge < -0.3 is 4.74 Å². The molecule has 0 atom stereocenters. The van der Waals surface area contributed by atoms with E-state index in [9.17, 15) is 18.9 Å². The van der Waals surface area contributed by atoms with Crippen LogP contribution in [0.2, 0.25) is 0 Å². The average molecular weight is 279 g/mol. The Bertz CT molecular complexity index is 603. The van der Waals surface area contributed by atoms with Gasteiger partial charge in [0.1, 0.15) is 6.61 Å². The second-order valence-corrected chi connectivity index (χ2v) is 4.01. The number of hydrogen-bond acceptors (Lipinski definition) is 3. The highest BCUT2D eigenvalue weighted by Gasteiger charge is 2.18. The van der Waals surface area contributed by atoms with Crippen molar-refractivity contribution in [3.8, 4) is 16.9 Å². The SMILES string of the molecule is O=[N+]([O-])c1cc(-c2ccccc2)ccc1OCC(F)F. The summed E-state index contributed by atoms with van der Waals surface area (Å²) >= 11 is 0. The Kier molecular flexibility index (Phi) is 4.24. The van der Waals surface area contributed by atoms with Gasteiger partial charge in [0.25, 0.3) is 6.43 Å². The van der Waals surface area contributed by atoms with E-state index in [1.165, 1.54) is 12.1 Å². The quantitative estimate of drug-likeness (QED) is 0.616. The molecule has 2 aromatic carbocycles. The van der Waals surface area contributed by atoms with Crippen LogP contribution in [0.1, 0.15) is 0 Å². The molecule has 0 saturated heterocycles. The van der Waals surface area contributed by atoms with Gasteiger partial charge in [0.05, 0.1) is 4.92 Å². The molecule has 0 bridgehead atoms. The van der Waals surface area contributed by atoms with Gasteiger partial charge >= 0.3 is 5.69 Å². The highest BCUT2D eigenvalue weighted by atomic mass is 19.3. The molecule has 2 aromatic rings. The highest BCUT2D eigenvalue weighted by Crippen LogP contribution is 2.32. The lowest BCUT2D eigenvalue weighted by Gasteiger charge is -2.08. The maximum absolute atomic E-state index is 12.1. The first-order valence-electron chi connectivity index (χ1n) is 5.82. The van der Waals surface area contributed by atoms with E-state index in [0.29, 0.717) is 5.56 Å². The Labute approximate surface area is 113 Å². The molecule has 0 aliphatic carbocycles. The van der Waals surface area contributed by atoms with Crippen LogP contribution < -0.4 is 4.74 Å². The molecule has 0 aromatic heterocycles. The lowest BCUT2D eigenvalue weighted by molar-refractivity contribution is -0.385. The van der Waals surface area contributed by atoms with E-state index in [1.807, 2.05) is 18.2 Å². The van der Waals surface area contributed by atoms with Crippen molar-refractivity contribution in [2.75, 3.05) is 6.61 Å². The van der Waals surface area contributed by atoms with Gasteiger partial charge in [0.15, 0.2) is 5.75 Å². The number of benzene rings is 2. The minimum Gasteiger partial charge on any atom is -0.481 e. The topological polar surface area (TPSA) is 52.4 Å². The molecular weight excluding hydrogens is 268 g/mol. The Balaban J connectivity index is 2.35. The van der Waals surface area contributed by atoms with E-state index >= 15 is 0 Å². The van der Waals surface area contributed by atoms with E-state index in [-0.39, 0.29) is 11.4 Å². The van der Waals surface area contributed by atoms with Gasteiger partial charge in [-0.05, 0) is 17.2 Å². The second kappa shape index (κ2) is 6.10. The van der Waals surface area contributed by atoms with Crippen LogP contribution in [0.3, 0.4) is 0 Å². The molecule has 0 aliphatic rings. The standard InChI is InChI=1S/C14H11F2NO3/c15-14(16)9-20-13-7-6-11(8-12(13)17(18)19)10-4-2-1-3-5-10/h1-8,14H,9H2. The fourth-order valence-electron chi connectivity index (χ4n) is 1.75. The largest absolute Gasteiger partial charge is 0.481 e. The zero-order valence-corrected chi connectivity index (χ0v) is 10.3. The van der Waals surface area contributed by atoms with Gasteiger partial charge in [-0.3, -0.25) is 10.1 Å². The first-order valence-corrected chi connectivity index (χ1v) is 5.82. The lowest BCUT2D eigenvalue weighted by Crippen LogP contribution is -2.08. The molecule has 4 nitrogen and oxygen atoms in total. The third kappa shape index (κ3) is 3.28. The van der Waals surface area contributed by atoms with Crippen molar-refractivity contribution in [2.45, 2.75) is 6.43 Å². The van der Waals surface area contributed by atoms with Crippen LogP contribution in [-0.4, -0.2) is 18.0 Å². The molecule has 0 saturated carbocycles. The maximum Gasteiger partial charge on any atom is 0.311 e. The van der Waals surface area contributed by atoms with Gasteiger partial charge in [-0.25, -0.2) is 8.78 Å². The summed E-state index contributed by atoms with van der Waals surface area (Å²) in [6, 6.07) is 13.3. The molecule has 0 spiro atoms. The van der Waals surface area contributed by atoms with Gasteiger partial charge in [0.2, 0.25) is 0 Å². The number of nitro groups is 1. The van der Waals surface area contributed by atoms with Crippen LogP contribution >= 0.6 is 0 Å². The number of halogens is 2. The van der Waals surface area contributed by atoms with Crippen LogP contribution in [0.15, 0.2) is 48.5 Å². The van der Waals surface area contributed by atoms with Gasteiger partial charge in [-0.15, -0.1) is 0 Å². The minimum atomic E-state index is -2.68. The zero-order chi connectivity index (χ0) is 14.5. The van der Waals surface area contributed by atoms with E-state index < -0.39 is 18.0 Å². The van der Waals surface area contributed by atoms with Crippen LogP contribution in [0.5, 0.6) is 5.75 Å². The predicted octanol–water partition coefficient (Wildman–Crippen LogP) is 3.91. The Hall–Kier alpha value is -2.50. The molecule has 2 rings (SSSR count). The summed E-state index contributed by atoms with van der Waals surface area (Å²) in [7, 11) is 0. The number of nitrogens with zero attached hydrogens (tertiary/aromatic N) is 1. The molecule has 0 amide bonds. The molecule has 104 valence electrons. The number of alkyl halides is 2. The molecule has 20 heavy (non-hydrogen) atoms. The second-order valence-electron chi connectivity index (χ2n) is 4.01. The molecular formula is C14H11F2NO3. The van der Waals surface area contributed by atoms with Gasteiger partial charge in [-0.2, -0.15) is 0 Å². The lowest BCUT2D eigenvalue weighted by atomic mass is 10.1. The summed E-state index contributed by atoms with van der Waals surface area (Å²) in [6.45, 7) is -0.870. The Morgan fingerprint density at radius 1 is 1.10 bits per heavy atom. The smallest absolute Gasteiger partial charge is 0.311 e. The monoisotopic (exact) mass is 279 g/mol. The number of ether oxygens (including phenoxy) is 1. The molecule has 0 unspecified atom stereocenters. The molecule has 0 fully saturated rings. The van der Waals surface area contributed by atoms with Crippen LogP contribution in [0.25, 0.3) is 11.1 Å². The fraction of sp³-hybridized carbons (Fsp3) is 0.143. The number of rotatable bonds is 5. The summed E-state index contributed by atoms with van der Waals surface area (Å²) < 4.78 is 29.0. The van der Waals surface area contributed by atoms with Crippen LogP contribution in [-0.2, 0) is 0 Å². The Morgan fingerprint density at radius 3 is 2.40 bits per heavy atom. The minimum absolute atomic E-state index is 0.157. The maximum atomic E-state index is 12.1. The van der Waals surface area contributed by atoms with Crippen molar-refractivity contribution in [3.05, 3.63) is 58.6 Å². The van der Waals surface area contributed by atoms with Crippen molar-refractivity contribution in [1.29, 1.82) is 0 Å². The Morgan fingerprint density at radius 2 is 1.80 bits per heavy atom. The summed E-state index contributed by atoms with van der Waals surface area (Å²) in [4.78, 5) is 10.3. The predicted molar refractivity (Wildman–Crippen MR) is 70.0 cm³/mol. The van der Waals surface area contributed by atoms with E-state index in [2.05, 4.69) is 0 Å². The van der Waals surface area contributed by atoms with Crippen molar-refractivity contribution < 1.29 is 18.4 Å². The van der Waals surface area contributed by atoms with E-state index in [0.717, 1.165) is 5.56 Å². The molecule has 0 N–H and O–H groups in total. The van der Waals surface area contributed by atoms with Crippen LogP contribution in [0, 0.1) is 10.1 Å². The molecule has 6 heteroatoms. The van der Waals surface area contributed by atoms with Crippen molar-refractivity contribution in [2.24, 2.45) is 0 Å². The third-order valence-electron chi connectivity index (χ3n) is 2.63. The average Bonchev–Trinajstić information content (AvgIpc) is 2.45. The zero-order valence-electron chi connectivity index (χ0n) is 10.3. The summed E-state index contributed by atoms with van der Waals surface area (Å²) in [5, 5.41) is 11.0. The molecule has 0 heterocycles. The first-order chi connectivity index (χ1) is 9.58. The summed E-state index contributed by atoms with van der Waals surface area (Å²) in [5.41, 5.74) is 1.10. The summed E-state index contributed by atoms with van der Waals surface area (Å²) in [6.07, 6.45) is -2.68. The normalized spacial score (nSPS) is 10.6. The van der Waals surface area contributed by atoms with E-state index in [4.69, 9.17) is 4.74 Å². The van der Waals surface area contributed by atoms with Gasteiger partial charge in [-0.1, -0.05) is 36.4 Å². The summed E-state index contributed by atoms with van der Waals surface area (Å²) in [5.74, 6) is -0.157. The van der Waals surface area contributed by atoms with Crippen LogP contribution in [0.4, 0.5) is 14.5 Å². The van der Waals surface area contributed by atoms with Gasteiger partial charge in [0, 0.05) is 6.07 Å². The van der Waals surface area contributed by atoms with E-state index in [1.54, 1.807) is 18.2 Å². The third-order valence-corrected chi connectivity index (χ3v) is 2.63. The number of hydrogen-bond donors (Lipinski definition) is 0. The van der Waals surface area contributed by atoms with Crippen molar-refractivity contribution in [3.63, 3.8) is 0 Å².